The molecule has 1 saturated carbocycles. The van der Waals surface area contributed by atoms with Gasteiger partial charge in [0.05, 0.1) is 10.5 Å². The van der Waals surface area contributed by atoms with E-state index in [-0.39, 0.29) is 11.7 Å². The summed E-state index contributed by atoms with van der Waals surface area (Å²) in [5.74, 6) is -1.01. The van der Waals surface area contributed by atoms with Gasteiger partial charge in [-0.25, -0.2) is 8.42 Å². The molecule has 2 atom stereocenters. The smallest absolute Gasteiger partial charge is 0.321 e. The maximum absolute atomic E-state index is 12.0. The molecule has 3 N–H and O–H groups in total. The lowest BCUT2D eigenvalue weighted by Crippen LogP contribution is -2.49. The first-order valence-corrected chi connectivity index (χ1v) is 7.51. The minimum atomic E-state index is -3.12. The van der Waals surface area contributed by atoms with Gasteiger partial charge in [-0.05, 0) is 39.0 Å². The number of hydrogen-bond donors (Lipinski definition) is 2. The highest BCUT2D eigenvalue weighted by Crippen LogP contribution is 2.61. The van der Waals surface area contributed by atoms with Crippen LogP contribution in [-0.4, -0.2) is 36.0 Å². The molecule has 0 spiro atoms. The van der Waals surface area contributed by atoms with Crippen LogP contribution in [0.25, 0.3) is 0 Å². The number of aliphatic carboxylic acids is 1. The highest BCUT2D eigenvalue weighted by molar-refractivity contribution is 7.93. The topological polar surface area (TPSA) is 97.5 Å². The van der Waals surface area contributed by atoms with Crippen molar-refractivity contribution in [3.05, 3.63) is 0 Å². The van der Waals surface area contributed by atoms with Gasteiger partial charge in [0.15, 0.2) is 9.84 Å². The quantitative estimate of drug-likeness (QED) is 0.766. The summed E-state index contributed by atoms with van der Waals surface area (Å²) in [6.45, 7) is 3.41. The van der Waals surface area contributed by atoms with E-state index in [0.29, 0.717) is 6.42 Å². The summed E-state index contributed by atoms with van der Waals surface area (Å²) >= 11 is 0. The van der Waals surface area contributed by atoms with Gasteiger partial charge in [0.1, 0.15) is 6.04 Å². The SMILES string of the molecule is CC1(C)C(C2(C(N)C(=O)O)CC2)CCS1(=O)=O. The molecule has 5 nitrogen and oxygen atoms in total. The van der Waals surface area contributed by atoms with Crippen molar-refractivity contribution in [3.63, 3.8) is 0 Å². The molecule has 2 fully saturated rings. The number of nitrogens with two attached hydrogens (primary N) is 1. The van der Waals surface area contributed by atoms with Crippen LogP contribution in [-0.2, 0) is 14.6 Å². The van der Waals surface area contributed by atoms with Gasteiger partial charge < -0.3 is 10.8 Å². The zero-order valence-electron chi connectivity index (χ0n) is 10.1. The number of carboxylic acid groups (broad SMARTS) is 1. The van der Waals surface area contributed by atoms with Crippen LogP contribution in [0.3, 0.4) is 0 Å². The molecule has 0 aromatic carbocycles. The van der Waals surface area contributed by atoms with Crippen molar-refractivity contribution in [1.82, 2.24) is 0 Å². The van der Waals surface area contributed by atoms with Gasteiger partial charge in [-0.2, -0.15) is 0 Å². The molecule has 98 valence electrons. The fourth-order valence-corrected chi connectivity index (χ4v) is 5.20. The Morgan fingerprint density at radius 1 is 1.41 bits per heavy atom. The van der Waals surface area contributed by atoms with Crippen molar-refractivity contribution < 1.29 is 18.3 Å². The molecule has 0 aromatic rings. The zero-order valence-corrected chi connectivity index (χ0v) is 11.0. The van der Waals surface area contributed by atoms with Gasteiger partial charge in [-0.3, -0.25) is 4.79 Å². The first-order valence-electron chi connectivity index (χ1n) is 5.86. The van der Waals surface area contributed by atoms with Gasteiger partial charge >= 0.3 is 5.97 Å². The van der Waals surface area contributed by atoms with Crippen LogP contribution in [0.2, 0.25) is 0 Å². The normalized spacial score (nSPS) is 34.2. The first kappa shape index (κ1) is 12.8. The Morgan fingerprint density at radius 2 is 1.94 bits per heavy atom. The van der Waals surface area contributed by atoms with E-state index < -0.39 is 32.0 Å². The molecule has 0 radical (unpaired) electrons. The standard InChI is InChI=1S/C11H19NO4S/c1-10(2)7(3-6-17(10,15)16)11(4-5-11)8(12)9(13)14/h7-8H,3-6,12H2,1-2H3,(H,13,14). The van der Waals surface area contributed by atoms with Crippen molar-refractivity contribution >= 4 is 15.8 Å². The predicted octanol–water partition coefficient (Wildman–Crippen LogP) is 0.392. The van der Waals surface area contributed by atoms with Crippen LogP contribution in [0.4, 0.5) is 0 Å². The van der Waals surface area contributed by atoms with Crippen molar-refractivity contribution in [1.29, 1.82) is 0 Å². The second-order valence-corrected chi connectivity index (χ2v) is 8.50. The highest BCUT2D eigenvalue weighted by atomic mass is 32.2. The van der Waals surface area contributed by atoms with Gasteiger partial charge in [0, 0.05) is 5.41 Å². The van der Waals surface area contributed by atoms with Crippen LogP contribution < -0.4 is 5.73 Å². The largest absolute Gasteiger partial charge is 0.480 e. The number of carbonyl (C=O) groups is 1. The average Bonchev–Trinajstić information content (AvgIpc) is 2.93. The number of carboxylic acids is 1. The number of hydrogen-bond acceptors (Lipinski definition) is 4. The number of rotatable bonds is 3. The van der Waals surface area contributed by atoms with Crippen molar-refractivity contribution in [3.8, 4) is 0 Å². The van der Waals surface area contributed by atoms with Crippen molar-refractivity contribution in [2.24, 2.45) is 17.1 Å². The molecule has 1 aliphatic carbocycles. The minimum absolute atomic E-state index is 0.133. The molecule has 0 bridgehead atoms. The van der Waals surface area contributed by atoms with E-state index in [0.717, 1.165) is 12.8 Å². The van der Waals surface area contributed by atoms with Gasteiger partial charge in [0.25, 0.3) is 0 Å². The first-order chi connectivity index (χ1) is 7.65. The lowest BCUT2D eigenvalue weighted by Gasteiger charge is -2.35. The molecule has 1 heterocycles. The number of sulfone groups is 1. The van der Waals surface area contributed by atoms with Crippen LogP contribution in [0.1, 0.15) is 33.1 Å². The van der Waals surface area contributed by atoms with E-state index in [1.54, 1.807) is 13.8 Å². The Balaban J connectivity index is 2.35. The molecule has 0 aromatic heterocycles. The summed E-state index contributed by atoms with van der Waals surface area (Å²) in [5.41, 5.74) is 5.25. The van der Waals surface area contributed by atoms with E-state index in [1.807, 2.05) is 0 Å². The second-order valence-electron chi connectivity index (χ2n) is 5.81. The molecule has 2 rings (SSSR count). The third kappa shape index (κ3) is 1.61. The Hall–Kier alpha value is -0.620. The third-order valence-corrected chi connectivity index (χ3v) is 7.38. The Morgan fingerprint density at radius 3 is 2.24 bits per heavy atom. The lowest BCUT2D eigenvalue weighted by atomic mass is 9.74. The van der Waals surface area contributed by atoms with Crippen molar-refractivity contribution in [2.75, 3.05) is 5.75 Å². The van der Waals surface area contributed by atoms with Crippen LogP contribution in [0.5, 0.6) is 0 Å². The third-order valence-electron chi connectivity index (χ3n) is 4.72. The molecule has 2 unspecified atom stereocenters. The highest BCUT2D eigenvalue weighted by Gasteiger charge is 2.64. The molecular formula is C11H19NO4S. The fourth-order valence-electron chi connectivity index (χ4n) is 3.35. The summed E-state index contributed by atoms with van der Waals surface area (Å²) in [6, 6.07) is -0.944. The molecule has 1 saturated heterocycles. The monoisotopic (exact) mass is 261 g/mol. The molecule has 17 heavy (non-hydrogen) atoms. The van der Waals surface area contributed by atoms with E-state index in [1.165, 1.54) is 0 Å². The minimum Gasteiger partial charge on any atom is -0.480 e. The maximum Gasteiger partial charge on any atom is 0.321 e. The van der Waals surface area contributed by atoms with E-state index in [2.05, 4.69) is 0 Å². The van der Waals surface area contributed by atoms with E-state index in [9.17, 15) is 13.2 Å². The summed E-state index contributed by atoms with van der Waals surface area (Å²) in [6.07, 6.45) is 1.99. The Bertz CT molecular complexity index is 450. The zero-order chi connectivity index (χ0) is 13.1. The summed E-state index contributed by atoms with van der Waals surface area (Å²) in [4.78, 5) is 11.0. The van der Waals surface area contributed by atoms with Gasteiger partial charge in [-0.1, -0.05) is 0 Å². The van der Waals surface area contributed by atoms with Gasteiger partial charge in [-0.15, -0.1) is 0 Å². The molecular weight excluding hydrogens is 242 g/mol. The molecule has 0 amide bonds. The fraction of sp³-hybridized carbons (Fsp3) is 0.909. The maximum atomic E-state index is 12.0. The summed E-state index contributed by atoms with van der Waals surface area (Å²) in [5, 5.41) is 9.04. The van der Waals surface area contributed by atoms with Crippen molar-refractivity contribution in [2.45, 2.75) is 43.9 Å². The molecule has 1 aliphatic heterocycles. The van der Waals surface area contributed by atoms with Crippen LogP contribution in [0, 0.1) is 11.3 Å². The predicted molar refractivity (Wildman–Crippen MR) is 63.3 cm³/mol. The van der Waals surface area contributed by atoms with E-state index >= 15 is 0 Å². The summed E-state index contributed by atoms with van der Waals surface area (Å²) in [7, 11) is -3.12. The Kier molecular flexibility index (Phi) is 2.60. The summed E-state index contributed by atoms with van der Waals surface area (Å²) < 4.78 is 23.1. The van der Waals surface area contributed by atoms with Crippen LogP contribution in [0.15, 0.2) is 0 Å². The molecule has 6 heteroatoms. The molecule has 2 aliphatic rings. The average molecular weight is 261 g/mol. The van der Waals surface area contributed by atoms with Crippen LogP contribution >= 0.6 is 0 Å². The Labute approximate surface area is 101 Å². The van der Waals surface area contributed by atoms with Gasteiger partial charge in [0.2, 0.25) is 0 Å². The van der Waals surface area contributed by atoms with E-state index in [4.69, 9.17) is 10.8 Å². The lowest BCUT2D eigenvalue weighted by molar-refractivity contribution is -0.141. The second kappa shape index (κ2) is 3.45.